The molecule has 2 atom stereocenters. The number of anilines is 1. The Morgan fingerprint density at radius 1 is 1.00 bits per heavy atom. The Hall–Kier alpha value is -3.65. The number of carbonyl (C=O) groups excluding carboxylic acids is 3. The fraction of sp³-hybridized carbons (Fsp3) is 0.500. The van der Waals surface area contributed by atoms with Gasteiger partial charge in [0.1, 0.15) is 17.7 Å². The summed E-state index contributed by atoms with van der Waals surface area (Å²) in [6, 6.07) is 10.8. The Morgan fingerprint density at radius 3 is 2.21 bits per heavy atom. The molecule has 0 saturated heterocycles. The Labute approximate surface area is 251 Å². The first-order valence-electron chi connectivity index (χ1n) is 14.9. The number of benzene rings is 2. The predicted molar refractivity (Wildman–Crippen MR) is 169 cm³/mol. The summed E-state index contributed by atoms with van der Waals surface area (Å²) in [5.74, 6) is -0.954. The molecule has 0 aliphatic carbocycles. The zero-order chi connectivity index (χ0) is 31.3. The number of nitrogens with one attached hydrogen (secondary N) is 2. The minimum Gasteiger partial charge on any atom is -0.444 e. The summed E-state index contributed by atoms with van der Waals surface area (Å²) in [5, 5.41) is 15.8. The predicted octanol–water partition coefficient (Wildman–Crippen LogP) is 6.70. The number of alkyl carbamates (subject to hydrolysis) is 1. The van der Waals surface area contributed by atoms with Gasteiger partial charge in [-0.1, -0.05) is 88.1 Å². The molecule has 0 fully saturated rings. The third-order valence-electron chi connectivity index (χ3n) is 6.96. The molecule has 230 valence electrons. The molecule has 2 aromatic carbocycles. The van der Waals surface area contributed by atoms with Crippen molar-refractivity contribution in [3.63, 3.8) is 0 Å². The molecule has 42 heavy (non-hydrogen) atoms. The zero-order valence-electron chi connectivity index (χ0n) is 26.2. The lowest BCUT2D eigenvalue weighted by Gasteiger charge is -2.34. The van der Waals surface area contributed by atoms with Crippen LogP contribution in [0.2, 0.25) is 0 Å². The van der Waals surface area contributed by atoms with Crippen molar-refractivity contribution in [3.05, 3.63) is 71.3 Å². The molecule has 2 aromatic rings. The Balaban J connectivity index is 2.53. The van der Waals surface area contributed by atoms with Gasteiger partial charge in [-0.25, -0.2) is 4.79 Å². The van der Waals surface area contributed by atoms with Gasteiger partial charge in [-0.15, -0.1) is 0 Å². The van der Waals surface area contributed by atoms with E-state index in [0.717, 1.165) is 48.8 Å². The van der Waals surface area contributed by atoms with Gasteiger partial charge in [-0.3, -0.25) is 9.59 Å². The van der Waals surface area contributed by atoms with Crippen LogP contribution >= 0.6 is 0 Å². The number of aliphatic hydroxyl groups excluding tert-OH is 1. The van der Waals surface area contributed by atoms with E-state index in [9.17, 15) is 19.5 Å². The Morgan fingerprint density at radius 2 is 1.62 bits per heavy atom. The molecule has 0 aliphatic rings. The van der Waals surface area contributed by atoms with E-state index >= 15 is 0 Å². The number of rotatable bonds is 15. The molecular weight excluding hydrogens is 530 g/mol. The molecule has 2 rings (SSSR count). The van der Waals surface area contributed by atoms with Gasteiger partial charge in [0, 0.05) is 12.2 Å². The second-order valence-corrected chi connectivity index (χ2v) is 11.7. The number of aryl methyl sites for hydroxylation is 2. The standard InChI is InChI=1S/C34H49N3O5/c1-8-10-11-12-13-14-21-37(32(40)28(23-38)35-33(41)42-34(5,6)7)30(27-20-16-19-26(9-2)22-27)31(39)36-29-24(3)17-15-18-25(29)4/h9,15-20,22,28,30,38H,2,8,10-14,21,23H2,1,3-7H3,(H,35,41)(H,36,39). The van der Waals surface area contributed by atoms with Crippen LogP contribution in [-0.2, 0) is 14.3 Å². The summed E-state index contributed by atoms with van der Waals surface area (Å²) < 4.78 is 5.34. The zero-order valence-corrected chi connectivity index (χ0v) is 26.2. The maximum absolute atomic E-state index is 14.2. The Bertz CT molecular complexity index is 1180. The smallest absolute Gasteiger partial charge is 0.408 e. The van der Waals surface area contributed by atoms with E-state index in [0.29, 0.717) is 17.7 Å². The fourth-order valence-corrected chi connectivity index (χ4v) is 4.80. The molecule has 8 heteroatoms. The van der Waals surface area contributed by atoms with Crippen molar-refractivity contribution in [2.24, 2.45) is 0 Å². The van der Waals surface area contributed by atoms with Crippen LogP contribution in [0.15, 0.2) is 49.0 Å². The summed E-state index contributed by atoms with van der Waals surface area (Å²) in [6.45, 7) is 14.6. The van der Waals surface area contributed by atoms with Crippen molar-refractivity contribution in [1.29, 1.82) is 0 Å². The molecule has 8 nitrogen and oxygen atoms in total. The highest BCUT2D eigenvalue weighted by molar-refractivity contribution is 6.00. The molecule has 2 unspecified atom stereocenters. The van der Waals surface area contributed by atoms with Gasteiger partial charge >= 0.3 is 6.09 Å². The van der Waals surface area contributed by atoms with E-state index in [-0.39, 0.29) is 12.5 Å². The normalized spacial score (nSPS) is 12.6. The van der Waals surface area contributed by atoms with Crippen LogP contribution in [0.25, 0.3) is 6.08 Å². The number of unbranched alkanes of at least 4 members (excludes halogenated alkanes) is 5. The number of nitrogens with zero attached hydrogens (tertiary/aromatic N) is 1. The topological polar surface area (TPSA) is 108 Å². The highest BCUT2D eigenvalue weighted by Gasteiger charge is 2.36. The number of para-hydroxylation sites is 1. The number of carbonyl (C=O) groups is 3. The van der Waals surface area contributed by atoms with Crippen LogP contribution in [0.5, 0.6) is 0 Å². The summed E-state index contributed by atoms with van der Waals surface area (Å²) in [5.41, 5.74) is 3.10. The average Bonchev–Trinajstić information content (AvgIpc) is 2.93. The van der Waals surface area contributed by atoms with Gasteiger partial charge in [-0.05, 0) is 69.4 Å². The van der Waals surface area contributed by atoms with E-state index < -0.39 is 36.3 Å². The van der Waals surface area contributed by atoms with E-state index in [1.54, 1.807) is 32.9 Å². The number of hydrogen-bond acceptors (Lipinski definition) is 5. The number of hydrogen-bond donors (Lipinski definition) is 3. The van der Waals surface area contributed by atoms with Crippen molar-refractivity contribution in [2.45, 2.75) is 97.8 Å². The lowest BCUT2D eigenvalue weighted by atomic mass is 9.99. The summed E-state index contributed by atoms with van der Waals surface area (Å²) >= 11 is 0. The second kappa shape index (κ2) is 16.7. The lowest BCUT2D eigenvalue weighted by molar-refractivity contribution is -0.141. The SMILES string of the molecule is C=Cc1cccc(C(C(=O)Nc2c(C)cccc2C)N(CCCCCCCC)C(=O)C(CO)NC(=O)OC(C)(C)C)c1. The van der Waals surface area contributed by atoms with Crippen molar-refractivity contribution >= 4 is 29.7 Å². The molecular formula is C34H49N3O5. The van der Waals surface area contributed by atoms with Gasteiger partial charge in [0.15, 0.2) is 0 Å². The second-order valence-electron chi connectivity index (χ2n) is 11.7. The number of amides is 3. The first-order chi connectivity index (χ1) is 19.9. The first-order valence-corrected chi connectivity index (χ1v) is 14.9. The fourth-order valence-electron chi connectivity index (χ4n) is 4.80. The molecule has 0 heterocycles. The molecule has 0 aromatic heterocycles. The number of aliphatic hydroxyl groups is 1. The van der Waals surface area contributed by atoms with Crippen LogP contribution in [0.4, 0.5) is 10.5 Å². The molecule has 0 radical (unpaired) electrons. The lowest BCUT2D eigenvalue weighted by Crippen LogP contribution is -2.54. The van der Waals surface area contributed by atoms with Crippen molar-refractivity contribution < 1.29 is 24.2 Å². The van der Waals surface area contributed by atoms with E-state index in [2.05, 4.69) is 24.1 Å². The van der Waals surface area contributed by atoms with Crippen molar-refractivity contribution in [2.75, 3.05) is 18.5 Å². The largest absolute Gasteiger partial charge is 0.444 e. The third-order valence-corrected chi connectivity index (χ3v) is 6.96. The molecule has 0 aliphatic heterocycles. The highest BCUT2D eigenvalue weighted by atomic mass is 16.6. The first kappa shape index (κ1) is 34.6. The number of ether oxygens (including phenoxy) is 1. The molecule has 3 amide bonds. The van der Waals surface area contributed by atoms with Gasteiger partial charge in [0.05, 0.1) is 6.61 Å². The molecule has 0 spiro atoms. The van der Waals surface area contributed by atoms with Crippen LogP contribution in [0, 0.1) is 13.8 Å². The van der Waals surface area contributed by atoms with Gasteiger partial charge in [0.25, 0.3) is 5.91 Å². The van der Waals surface area contributed by atoms with Gasteiger partial charge in [-0.2, -0.15) is 0 Å². The van der Waals surface area contributed by atoms with E-state index in [1.807, 2.05) is 50.2 Å². The Kier molecular flexibility index (Phi) is 13.7. The maximum atomic E-state index is 14.2. The summed E-state index contributed by atoms with van der Waals surface area (Å²) in [7, 11) is 0. The molecule has 3 N–H and O–H groups in total. The molecule has 0 bridgehead atoms. The maximum Gasteiger partial charge on any atom is 0.408 e. The van der Waals surface area contributed by atoms with Crippen LogP contribution in [0.3, 0.4) is 0 Å². The molecule has 0 saturated carbocycles. The summed E-state index contributed by atoms with van der Waals surface area (Å²) in [4.78, 5) is 42.3. The third kappa shape index (κ3) is 10.6. The van der Waals surface area contributed by atoms with Crippen molar-refractivity contribution in [1.82, 2.24) is 10.2 Å². The minimum atomic E-state index is -1.29. The van der Waals surface area contributed by atoms with Crippen LogP contribution in [0.1, 0.15) is 94.5 Å². The highest BCUT2D eigenvalue weighted by Crippen LogP contribution is 2.28. The van der Waals surface area contributed by atoms with Crippen LogP contribution in [-0.4, -0.2) is 52.7 Å². The van der Waals surface area contributed by atoms with E-state index in [1.165, 1.54) is 4.90 Å². The minimum absolute atomic E-state index is 0.264. The monoisotopic (exact) mass is 579 g/mol. The van der Waals surface area contributed by atoms with Gasteiger partial charge in [0.2, 0.25) is 5.91 Å². The average molecular weight is 580 g/mol. The summed E-state index contributed by atoms with van der Waals surface area (Å²) in [6.07, 6.45) is 6.79. The van der Waals surface area contributed by atoms with Crippen molar-refractivity contribution in [3.8, 4) is 0 Å². The van der Waals surface area contributed by atoms with Crippen LogP contribution < -0.4 is 10.6 Å². The van der Waals surface area contributed by atoms with Gasteiger partial charge < -0.3 is 25.4 Å². The quantitative estimate of drug-likeness (QED) is 0.204. The van der Waals surface area contributed by atoms with E-state index in [4.69, 9.17) is 4.74 Å².